The molecule has 0 aliphatic carbocycles. The van der Waals surface area contributed by atoms with Gasteiger partial charge in [0.25, 0.3) is 0 Å². The fraction of sp³-hybridized carbons (Fsp3) is 0.333. The zero-order valence-electron chi connectivity index (χ0n) is 17.7. The van der Waals surface area contributed by atoms with E-state index < -0.39 is 10.4 Å². The molecule has 0 radical (unpaired) electrons. The summed E-state index contributed by atoms with van der Waals surface area (Å²) >= 11 is 0. The number of benzene rings is 2. The summed E-state index contributed by atoms with van der Waals surface area (Å²) in [5.74, 6) is 0.866. The first-order valence-corrected chi connectivity index (χ1v) is 10.5. The Morgan fingerprint density at radius 3 is 2.27 bits per heavy atom. The van der Waals surface area contributed by atoms with Gasteiger partial charge in [-0.2, -0.15) is 9.68 Å². The Hall–Kier alpha value is -2.75. The van der Waals surface area contributed by atoms with Crippen LogP contribution in [0.4, 0.5) is 5.69 Å². The Bertz CT molecular complexity index is 1030. The van der Waals surface area contributed by atoms with E-state index in [4.69, 9.17) is 4.74 Å². The van der Waals surface area contributed by atoms with Crippen molar-refractivity contribution in [1.29, 1.82) is 0 Å². The van der Waals surface area contributed by atoms with E-state index in [1.54, 1.807) is 7.11 Å². The van der Waals surface area contributed by atoms with Gasteiger partial charge in [0.15, 0.2) is 0 Å². The van der Waals surface area contributed by atoms with Gasteiger partial charge < -0.3 is 14.7 Å². The third kappa shape index (κ3) is 5.88. The fourth-order valence-corrected chi connectivity index (χ4v) is 3.22. The molecule has 8 nitrogen and oxygen atoms in total. The van der Waals surface area contributed by atoms with Crippen LogP contribution in [-0.2, 0) is 26.5 Å². The zero-order chi connectivity index (χ0) is 22.4. The average molecular weight is 434 g/mol. The minimum atomic E-state index is -4.41. The van der Waals surface area contributed by atoms with Crippen molar-refractivity contribution in [2.75, 3.05) is 21.3 Å². The standard InChI is InChI=1S/C20H23N3O.CH4O4S/c1-20(2)17-7-5-6-8-18(17)23(3)19(20)14-22-21-13-15-9-11-16(24-4)12-10-15;1-5-6(2,3)4/h5-12,14H,13H2,1-4H3;1H3,(H,2,3,4). The fourth-order valence-electron chi connectivity index (χ4n) is 3.22. The zero-order valence-corrected chi connectivity index (χ0v) is 18.6. The van der Waals surface area contributed by atoms with Gasteiger partial charge in [-0.1, -0.05) is 30.3 Å². The summed E-state index contributed by atoms with van der Waals surface area (Å²) < 4.78 is 38.4. The van der Waals surface area contributed by atoms with Gasteiger partial charge >= 0.3 is 0 Å². The highest BCUT2D eigenvalue weighted by Gasteiger charge is 2.43. The van der Waals surface area contributed by atoms with Gasteiger partial charge in [-0.25, -0.2) is 8.42 Å². The van der Waals surface area contributed by atoms with Crippen LogP contribution in [0.1, 0.15) is 25.0 Å². The molecule has 1 N–H and O–H groups in total. The number of hydrazone groups is 1. The minimum absolute atomic E-state index is 0.0450. The van der Waals surface area contributed by atoms with Crippen LogP contribution in [0.2, 0.25) is 0 Å². The van der Waals surface area contributed by atoms with E-state index in [-0.39, 0.29) is 5.41 Å². The van der Waals surface area contributed by atoms with Crippen LogP contribution in [0.5, 0.6) is 5.75 Å². The van der Waals surface area contributed by atoms with Crippen LogP contribution < -0.4 is 10.2 Å². The normalized spacial score (nSPS) is 14.9. The van der Waals surface area contributed by atoms with Crippen molar-refractivity contribution >= 4 is 28.0 Å². The Balaban J connectivity index is 0.000000469. The molecule has 0 aromatic heterocycles. The lowest BCUT2D eigenvalue weighted by Crippen LogP contribution is -2.30. The molecule has 0 saturated carbocycles. The summed E-state index contributed by atoms with van der Waals surface area (Å²) in [5, 5.41) is 4.44. The summed E-state index contributed by atoms with van der Waals surface area (Å²) in [6, 6.07) is 16.5. The first-order chi connectivity index (χ1) is 14.1. The number of fused-ring (bicyclic) bond motifs is 1. The molecule has 162 valence electrons. The topological polar surface area (TPSA) is 103 Å². The molecular formula is C21H27N3O5S. The maximum Gasteiger partial charge on any atom is 0.217 e. The number of para-hydroxylation sites is 1. The van der Waals surface area contributed by atoms with Crippen molar-refractivity contribution in [2.45, 2.75) is 25.8 Å². The molecule has 2 aromatic rings. The quantitative estimate of drug-likeness (QED) is 0.247. The molecule has 1 heterocycles. The Labute approximate surface area is 177 Å². The molecule has 0 saturated heterocycles. The lowest BCUT2D eigenvalue weighted by Gasteiger charge is -2.14. The smallest absolute Gasteiger partial charge is 0.217 e. The Morgan fingerprint density at radius 2 is 1.73 bits per heavy atom. The molecule has 30 heavy (non-hydrogen) atoms. The van der Waals surface area contributed by atoms with Crippen LogP contribution in [0.3, 0.4) is 0 Å². The second kappa shape index (κ2) is 9.84. The highest BCUT2D eigenvalue weighted by Crippen LogP contribution is 2.37. The van der Waals surface area contributed by atoms with Crippen molar-refractivity contribution in [2.24, 2.45) is 5.10 Å². The van der Waals surface area contributed by atoms with E-state index in [1.165, 1.54) is 22.5 Å². The maximum absolute atomic E-state index is 9.22. The lowest BCUT2D eigenvalue weighted by molar-refractivity contribution is -0.400. The summed E-state index contributed by atoms with van der Waals surface area (Å²) in [6.07, 6.45) is 1.93. The number of methoxy groups -OCH3 is 1. The van der Waals surface area contributed by atoms with Gasteiger partial charge in [0, 0.05) is 11.6 Å². The lowest BCUT2D eigenvalue weighted by atomic mass is 9.82. The first kappa shape index (κ1) is 23.5. The number of nitrogens with one attached hydrogen (secondary N) is 1. The van der Waals surface area contributed by atoms with Gasteiger partial charge in [-0.3, -0.25) is 4.18 Å². The SMILES string of the molecule is COS(=O)(=O)[O-].COc1ccc(CNN=CC2=[N+](C)c3ccccc3C2(C)C)cc1. The van der Waals surface area contributed by atoms with Gasteiger partial charge in [-0.05, 0) is 31.5 Å². The summed E-state index contributed by atoms with van der Waals surface area (Å²) in [6.45, 7) is 5.16. The molecule has 3 rings (SSSR count). The van der Waals surface area contributed by atoms with Gasteiger partial charge in [-0.15, -0.1) is 0 Å². The molecule has 9 heteroatoms. The third-order valence-corrected chi connectivity index (χ3v) is 5.27. The minimum Gasteiger partial charge on any atom is -0.726 e. The molecular weight excluding hydrogens is 406 g/mol. The molecule has 0 spiro atoms. The van der Waals surface area contributed by atoms with Gasteiger partial charge in [0.1, 0.15) is 19.0 Å². The molecule has 2 aromatic carbocycles. The van der Waals surface area contributed by atoms with E-state index in [0.717, 1.165) is 12.9 Å². The number of ether oxygens (including phenoxy) is 1. The monoisotopic (exact) mass is 433 g/mol. The van der Waals surface area contributed by atoms with Crippen LogP contribution in [-0.4, -0.2) is 50.7 Å². The first-order valence-electron chi connectivity index (χ1n) is 9.21. The molecule has 0 bridgehead atoms. The van der Waals surface area contributed by atoms with Crippen LogP contribution in [0.25, 0.3) is 0 Å². The van der Waals surface area contributed by atoms with Crippen molar-refractivity contribution in [3.63, 3.8) is 0 Å². The van der Waals surface area contributed by atoms with Crippen molar-refractivity contribution in [1.82, 2.24) is 5.43 Å². The molecule has 1 aliphatic rings. The largest absolute Gasteiger partial charge is 0.726 e. The predicted molar refractivity (Wildman–Crippen MR) is 115 cm³/mol. The van der Waals surface area contributed by atoms with Crippen LogP contribution in [0.15, 0.2) is 53.6 Å². The van der Waals surface area contributed by atoms with E-state index in [1.807, 2.05) is 30.5 Å². The summed E-state index contributed by atoms with van der Waals surface area (Å²) in [5.41, 5.74) is 8.03. The molecule has 0 atom stereocenters. The molecule has 0 amide bonds. The predicted octanol–water partition coefficient (Wildman–Crippen LogP) is 2.57. The highest BCUT2D eigenvalue weighted by atomic mass is 32.3. The van der Waals surface area contributed by atoms with Crippen molar-refractivity contribution in [3.05, 3.63) is 59.7 Å². The second-order valence-corrected chi connectivity index (χ2v) is 8.25. The highest BCUT2D eigenvalue weighted by molar-refractivity contribution is 7.80. The van der Waals surface area contributed by atoms with Crippen LogP contribution in [0, 0.1) is 0 Å². The third-order valence-electron chi connectivity index (χ3n) is 4.86. The second-order valence-electron chi connectivity index (χ2n) is 7.10. The van der Waals surface area contributed by atoms with Crippen molar-refractivity contribution in [3.8, 4) is 5.75 Å². The maximum atomic E-state index is 9.22. The Morgan fingerprint density at radius 1 is 1.13 bits per heavy atom. The Kier molecular flexibility index (Phi) is 7.71. The summed E-state index contributed by atoms with van der Waals surface area (Å²) in [4.78, 5) is 0. The summed E-state index contributed by atoms with van der Waals surface area (Å²) in [7, 11) is 0.165. The number of hydrogen-bond donors (Lipinski definition) is 1. The van der Waals surface area contributed by atoms with Gasteiger partial charge in [0.05, 0.1) is 26.2 Å². The number of hydrogen-bond acceptors (Lipinski definition) is 7. The molecule has 0 unspecified atom stereocenters. The van der Waals surface area contributed by atoms with Gasteiger partial charge in [0.2, 0.25) is 21.8 Å². The van der Waals surface area contributed by atoms with E-state index >= 15 is 0 Å². The molecule has 0 fully saturated rings. The van der Waals surface area contributed by atoms with E-state index in [2.05, 4.69) is 64.4 Å². The van der Waals surface area contributed by atoms with E-state index in [0.29, 0.717) is 6.54 Å². The van der Waals surface area contributed by atoms with E-state index in [9.17, 15) is 13.0 Å². The average Bonchev–Trinajstić information content (AvgIpc) is 2.92. The van der Waals surface area contributed by atoms with Crippen molar-refractivity contribution < 1.29 is 26.5 Å². The number of rotatable bonds is 6. The molecule has 1 aliphatic heterocycles. The number of nitrogens with zero attached hydrogens (tertiary/aromatic N) is 2. The van der Waals surface area contributed by atoms with Crippen LogP contribution >= 0.6 is 0 Å².